The molecule has 0 aliphatic carbocycles. The summed E-state index contributed by atoms with van der Waals surface area (Å²) in [7, 11) is 0. The minimum Gasteiger partial charge on any atom is -0.481 e. The number of hydrogen-bond acceptors (Lipinski definition) is 1. The van der Waals surface area contributed by atoms with Gasteiger partial charge in [-0.25, -0.2) is 0 Å². The number of carbonyl (C=O) groups is 1. The number of carboxylic acid groups (broad SMARTS) is 1. The van der Waals surface area contributed by atoms with Crippen molar-refractivity contribution in [2.45, 2.75) is 13.3 Å². The highest BCUT2D eigenvalue weighted by Gasteiger charge is 1.80. The third-order valence-corrected chi connectivity index (χ3v) is 0.302. The predicted octanol–water partition coefficient (Wildman–Crippen LogP) is -0.971. The molecule has 0 atom stereocenters. The van der Waals surface area contributed by atoms with Crippen molar-refractivity contribution in [2.24, 2.45) is 0 Å². The summed E-state index contributed by atoms with van der Waals surface area (Å²) in [6.07, 6.45) is 0.222. The fourth-order valence-electron chi connectivity index (χ4n) is 0. The molecule has 0 spiro atoms. The minimum absolute atomic E-state index is 0. The van der Waals surface area contributed by atoms with E-state index in [0.29, 0.717) is 0 Å². The first-order valence-electron chi connectivity index (χ1n) is 1.49. The number of carboxylic acids is 1. The monoisotopic (exact) mass is 106 g/mol. The maximum absolute atomic E-state index is 9.37. The number of hydrogen-bond donors (Lipinski definition) is 1. The van der Waals surface area contributed by atoms with Gasteiger partial charge in [-0.05, 0) is 11.0 Å². The van der Waals surface area contributed by atoms with E-state index in [-0.39, 0.29) is 17.4 Å². The predicted molar refractivity (Wildman–Crippen MR) is 29.3 cm³/mol. The highest BCUT2D eigenvalue weighted by molar-refractivity contribution is 5.75. The molecule has 0 aromatic heterocycles. The Hall–Kier alpha value is -0.313. The van der Waals surface area contributed by atoms with Crippen LogP contribution in [0, 0.1) is 0 Å². The van der Waals surface area contributed by atoms with Crippen molar-refractivity contribution in [1.82, 2.24) is 0 Å². The van der Waals surface area contributed by atoms with Gasteiger partial charge in [-0.1, -0.05) is 6.92 Å². The van der Waals surface area contributed by atoms with Gasteiger partial charge in [0, 0.05) is 6.42 Å². The van der Waals surface area contributed by atoms with Crippen LogP contribution in [0.25, 0.3) is 0 Å². The number of rotatable bonds is 1. The Morgan fingerprint density at radius 3 is 2.00 bits per heavy atom. The van der Waals surface area contributed by atoms with Crippen LogP contribution in [-0.4, -0.2) is 22.0 Å². The second-order valence-electron chi connectivity index (χ2n) is 0.747. The second kappa shape index (κ2) is 4.69. The topological polar surface area (TPSA) is 37.3 Å². The van der Waals surface area contributed by atoms with Crippen molar-refractivity contribution in [1.29, 1.82) is 0 Å². The van der Waals surface area contributed by atoms with E-state index in [2.05, 4.69) is 0 Å². The molecule has 0 unspecified atom stereocenters. The van der Waals surface area contributed by atoms with Crippen LogP contribution in [0.1, 0.15) is 13.3 Å². The lowest BCUT2D eigenvalue weighted by molar-refractivity contribution is -0.136. The molecule has 0 saturated carbocycles. The first kappa shape index (κ1) is 9.19. The zero-order valence-corrected chi connectivity index (χ0v) is 3.06. The van der Waals surface area contributed by atoms with Gasteiger partial charge in [-0.3, -0.25) is 4.79 Å². The van der Waals surface area contributed by atoms with Gasteiger partial charge in [0.1, 0.15) is 0 Å². The zero-order chi connectivity index (χ0) is 4.28. The van der Waals surface area contributed by atoms with Gasteiger partial charge in [0.25, 0.3) is 0 Å². The Labute approximate surface area is 41.2 Å². The summed E-state index contributed by atoms with van der Waals surface area (Å²) in [6, 6.07) is 0. The van der Waals surface area contributed by atoms with Gasteiger partial charge in [0.05, 0.1) is 0 Å². The molecule has 0 aromatic carbocycles. The van der Waals surface area contributed by atoms with Crippen LogP contribution in [0.15, 0.2) is 0 Å². The molecule has 0 aliphatic rings. The molecular weight excluding hydrogens is 96.1 g/mol. The summed E-state index contributed by atoms with van der Waals surface area (Å²) < 4.78 is 0. The molecule has 38 valence electrons. The normalized spacial score (nSPS) is 6.17. The van der Waals surface area contributed by atoms with E-state index in [0.717, 1.165) is 0 Å². The van der Waals surface area contributed by atoms with Crippen LogP contribution in [-0.2, 0) is 4.79 Å². The molecular formula is C3H10O2Si. The van der Waals surface area contributed by atoms with Crippen molar-refractivity contribution in [3.8, 4) is 0 Å². The summed E-state index contributed by atoms with van der Waals surface area (Å²) in [6.45, 7) is 1.60. The molecule has 0 amide bonds. The molecule has 6 heavy (non-hydrogen) atoms. The van der Waals surface area contributed by atoms with Gasteiger partial charge in [0.2, 0.25) is 0 Å². The fourth-order valence-corrected chi connectivity index (χ4v) is 0. The Kier molecular flexibility index (Phi) is 7.18. The van der Waals surface area contributed by atoms with Gasteiger partial charge in [-0.15, -0.1) is 0 Å². The third kappa shape index (κ3) is 9.35. The molecule has 2 nitrogen and oxygen atoms in total. The molecule has 0 aliphatic heterocycles. The third-order valence-electron chi connectivity index (χ3n) is 0.302. The summed E-state index contributed by atoms with van der Waals surface area (Å²) in [5.41, 5.74) is 0. The molecule has 0 radical (unpaired) electrons. The molecule has 0 aromatic rings. The fraction of sp³-hybridized carbons (Fsp3) is 0.667. The van der Waals surface area contributed by atoms with Crippen molar-refractivity contribution in [3.63, 3.8) is 0 Å². The van der Waals surface area contributed by atoms with Crippen molar-refractivity contribution < 1.29 is 9.90 Å². The average molecular weight is 106 g/mol. The lowest BCUT2D eigenvalue weighted by Crippen LogP contribution is -1.86. The molecule has 0 fully saturated rings. The SMILES string of the molecule is CCC(=O)O.[SiH4]. The summed E-state index contributed by atoms with van der Waals surface area (Å²) >= 11 is 0. The molecule has 0 heterocycles. The molecule has 1 N–H and O–H groups in total. The Morgan fingerprint density at radius 2 is 2.00 bits per heavy atom. The van der Waals surface area contributed by atoms with E-state index in [9.17, 15) is 4.79 Å². The maximum Gasteiger partial charge on any atom is 0.303 e. The van der Waals surface area contributed by atoms with E-state index >= 15 is 0 Å². The Balaban J connectivity index is 0. The van der Waals surface area contributed by atoms with E-state index < -0.39 is 5.97 Å². The highest BCUT2D eigenvalue weighted by Crippen LogP contribution is 1.67. The van der Waals surface area contributed by atoms with E-state index in [4.69, 9.17) is 5.11 Å². The first-order valence-corrected chi connectivity index (χ1v) is 1.49. The molecule has 0 bridgehead atoms. The van der Waals surface area contributed by atoms with E-state index in [1.807, 2.05) is 0 Å². The first-order chi connectivity index (χ1) is 2.27. The van der Waals surface area contributed by atoms with Gasteiger partial charge in [-0.2, -0.15) is 0 Å². The van der Waals surface area contributed by atoms with Crippen molar-refractivity contribution in [3.05, 3.63) is 0 Å². The highest BCUT2D eigenvalue weighted by atomic mass is 28.1. The Morgan fingerprint density at radius 1 is 1.83 bits per heavy atom. The van der Waals surface area contributed by atoms with Crippen LogP contribution >= 0.6 is 0 Å². The average Bonchev–Trinajstić information content (AvgIpc) is 1.38. The smallest absolute Gasteiger partial charge is 0.303 e. The maximum atomic E-state index is 9.37. The molecule has 0 rings (SSSR count). The quantitative estimate of drug-likeness (QED) is 0.437. The lowest BCUT2D eigenvalue weighted by Gasteiger charge is -1.71. The second-order valence-corrected chi connectivity index (χ2v) is 0.747. The zero-order valence-electron chi connectivity index (χ0n) is 3.06. The van der Waals surface area contributed by atoms with Gasteiger partial charge < -0.3 is 5.11 Å². The largest absolute Gasteiger partial charge is 0.481 e. The summed E-state index contributed by atoms with van der Waals surface area (Å²) in [5, 5.41) is 7.72. The van der Waals surface area contributed by atoms with Crippen LogP contribution in [0.3, 0.4) is 0 Å². The lowest BCUT2D eigenvalue weighted by atomic mass is 10.5. The molecule has 3 heteroatoms. The van der Waals surface area contributed by atoms with Crippen LogP contribution < -0.4 is 0 Å². The van der Waals surface area contributed by atoms with Gasteiger partial charge in [0.15, 0.2) is 0 Å². The van der Waals surface area contributed by atoms with Crippen LogP contribution in [0.2, 0.25) is 0 Å². The van der Waals surface area contributed by atoms with Crippen LogP contribution in [0.5, 0.6) is 0 Å². The minimum atomic E-state index is -0.745. The standard InChI is InChI=1S/C3H6O2.H4Si/c1-2-3(4)5;/h2H2,1H3,(H,4,5);1H4. The summed E-state index contributed by atoms with van der Waals surface area (Å²) in [4.78, 5) is 9.37. The summed E-state index contributed by atoms with van der Waals surface area (Å²) in [5.74, 6) is -0.745. The molecule has 0 saturated heterocycles. The van der Waals surface area contributed by atoms with Crippen LogP contribution in [0.4, 0.5) is 0 Å². The van der Waals surface area contributed by atoms with Crippen molar-refractivity contribution >= 4 is 16.9 Å². The number of aliphatic carboxylic acids is 1. The van der Waals surface area contributed by atoms with E-state index in [1.54, 1.807) is 6.92 Å². The van der Waals surface area contributed by atoms with Crippen molar-refractivity contribution in [2.75, 3.05) is 0 Å². The van der Waals surface area contributed by atoms with Gasteiger partial charge >= 0.3 is 5.97 Å². The van der Waals surface area contributed by atoms with E-state index in [1.165, 1.54) is 0 Å². The Bertz CT molecular complexity index is 44.1.